The minimum absolute atomic E-state index is 0.0806. The molecule has 0 radical (unpaired) electrons. The lowest BCUT2D eigenvalue weighted by Crippen LogP contribution is -2.48. The van der Waals surface area contributed by atoms with Crippen molar-refractivity contribution in [1.82, 2.24) is 4.72 Å². The molecule has 7 heteroatoms. The molecule has 6 nitrogen and oxygen atoms in total. The van der Waals surface area contributed by atoms with Crippen molar-refractivity contribution in [1.29, 1.82) is 0 Å². The average molecular weight is 313 g/mol. The van der Waals surface area contributed by atoms with Crippen LogP contribution in [0.15, 0.2) is 29.2 Å². The smallest absolute Gasteiger partial charge is 0.322 e. The van der Waals surface area contributed by atoms with Gasteiger partial charge < -0.3 is 5.11 Å². The van der Waals surface area contributed by atoms with Gasteiger partial charge in [0, 0.05) is 5.56 Å². The van der Waals surface area contributed by atoms with Gasteiger partial charge in [-0.1, -0.05) is 32.9 Å². The van der Waals surface area contributed by atoms with Gasteiger partial charge >= 0.3 is 5.97 Å². The van der Waals surface area contributed by atoms with E-state index in [0.29, 0.717) is 5.56 Å². The van der Waals surface area contributed by atoms with E-state index >= 15 is 0 Å². The molecule has 0 aliphatic heterocycles. The molecule has 21 heavy (non-hydrogen) atoms. The van der Waals surface area contributed by atoms with E-state index in [1.54, 1.807) is 20.8 Å². The lowest BCUT2D eigenvalue weighted by molar-refractivity contribution is -0.141. The molecule has 1 atom stereocenters. The number of hydrogen-bond acceptors (Lipinski definition) is 4. The first-order chi connectivity index (χ1) is 9.45. The Kier molecular flexibility index (Phi) is 4.91. The molecule has 0 spiro atoms. The summed E-state index contributed by atoms with van der Waals surface area (Å²) in [6.45, 7) is 6.27. The predicted molar refractivity (Wildman–Crippen MR) is 77.6 cm³/mol. The fourth-order valence-corrected chi connectivity index (χ4v) is 3.08. The van der Waals surface area contributed by atoms with Crippen LogP contribution in [0.25, 0.3) is 0 Å². The molecule has 1 unspecified atom stereocenters. The third kappa shape index (κ3) is 4.37. The minimum atomic E-state index is -3.97. The Balaban J connectivity index is 3.11. The Morgan fingerprint density at radius 3 is 1.95 bits per heavy atom. The Bertz CT molecular complexity index is 641. The molecule has 0 saturated heterocycles. The fraction of sp³-hybridized carbons (Fsp3) is 0.429. The van der Waals surface area contributed by atoms with Gasteiger partial charge in [-0.25, -0.2) is 8.42 Å². The molecule has 1 aromatic rings. The summed E-state index contributed by atoms with van der Waals surface area (Å²) in [5, 5.41) is 9.16. The maximum Gasteiger partial charge on any atom is 0.322 e. The van der Waals surface area contributed by atoms with Crippen LogP contribution in [0.3, 0.4) is 0 Å². The highest BCUT2D eigenvalue weighted by Gasteiger charge is 2.35. The first-order valence-electron chi connectivity index (χ1n) is 6.31. The largest absolute Gasteiger partial charge is 0.480 e. The Labute approximate surface area is 124 Å². The van der Waals surface area contributed by atoms with Crippen molar-refractivity contribution in [2.24, 2.45) is 5.41 Å². The van der Waals surface area contributed by atoms with Gasteiger partial charge in [-0.3, -0.25) is 9.59 Å². The van der Waals surface area contributed by atoms with Crippen molar-refractivity contribution in [3.8, 4) is 0 Å². The van der Waals surface area contributed by atoms with Crippen molar-refractivity contribution >= 4 is 21.8 Å². The van der Waals surface area contributed by atoms with E-state index in [1.165, 1.54) is 31.2 Å². The van der Waals surface area contributed by atoms with Crippen LogP contribution >= 0.6 is 0 Å². The van der Waals surface area contributed by atoms with E-state index < -0.39 is 27.4 Å². The number of hydrogen-bond donors (Lipinski definition) is 2. The van der Waals surface area contributed by atoms with Crippen LogP contribution in [0.4, 0.5) is 0 Å². The maximum absolute atomic E-state index is 12.2. The SMILES string of the molecule is CC(=O)c1ccc(S(=O)(=O)NC(C(=O)O)C(C)(C)C)cc1. The number of carbonyl (C=O) groups is 2. The predicted octanol–water partition coefficient (Wildman–Crippen LogP) is 1.67. The second kappa shape index (κ2) is 5.95. The monoisotopic (exact) mass is 313 g/mol. The number of aliphatic carboxylic acids is 1. The highest BCUT2D eigenvalue weighted by atomic mass is 32.2. The zero-order valence-electron chi connectivity index (χ0n) is 12.4. The Morgan fingerprint density at radius 1 is 1.14 bits per heavy atom. The van der Waals surface area contributed by atoms with Crippen molar-refractivity contribution < 1.29 is 23.1 Å². The molecule has 1 aromatic carbocycles. The van der Waals surface area contributed by atoms with E-state index in [2.05, 4.69) is 4.72 Å². The number of ketones is 1. The second-order valence-electron chi connectivity index (χ2n) is 5.84. The number of benzene rings is 1. The van der Waals surface area contributed by atoms with Crippen molar-refractivity contribution in [2.45, 2.75) is 38.6 Å². The van der Waals surface area contributed by atoms with E-state index in [-0.39, 0.29) is 10.7 Å². The van der Waals surface area contributed by atoms with E-state index in [9.17, 15) is 18.0 Å². The minimum Gasteiger partial charge on any atom is -0.480 e. The quantitative estimate of drug-likeness (QED) is 0.805. The molecule has 0 aliphatic carbocycles. The van der Waals surface area contributed by atoms with Crippen LogP contribution in [-0.4, -0.2) is 31.3 Å². The first kappa shape index (κ1) is 17.3. The summed E-state index contributed by atoms with van der Waals surface area (Å²) in [6.07, 6.45) is 0. The van der Waals surface area contributed by atoms with Crippen LogP contribution in [0, 0.1) is 5.41 Å². The Hall–Kier alpha value is -1.73. The van der Waals surface area contributed by atoms with Crippen molar-refractivity contribution in [3.05, 3.63) is 29.8 Å². The molecule has 1 rings (SSSR count). The number of carboxylic acids is 1. The molecule has 0 bridgehead atoms. The summed E-state index contributed by atoms with van der Waals surface area (Å²) in [5.41, 5.74) is -0.391. The average Bonchev–Trinajstić information content (AvgIpc) is 2.34. The zero-order chi connectivity index (χ0) is 16.4. The van der Waals surface area contributed by atoms with Gasteiger partial charge in [0.05, 0.1) is 4.90 Å². The molecular weight excluding hydrogens is 294 g/mol. The van der Waals surface area contributed by atoms with Gasteiger partial charge in [0.25, 0.3) is 0 Å². The number of sulfonamides is 1. The molecular formula is C14H19NO5S. The number of carboxylic acid groups (broad SMARTS) is 1. The third-order valence-corrected chi connectivity index (χ3v) is 4.40. The Morgan fingerprint density at radius 2 is 1.62 bits per heavy atom. The van der Waals surface area contributed by atoms with Crippen LogP contribution in [-0.2, 0) is 14.8 Å². The van der Waals surface area contributed by atoms with Crippen LogP contribution in [0.5, 0.6) is 0 Å². The second-order valence-corrected chi connectivity index (χ2v) is 7.55. The first-order valence-corrected chi connectivity index (χ1v) is 7.79. The lowest BCUT2D eigenvalue weighted by Gasteiger charge is -2.27. The molecule has 2 N–H and O–H groups in total. The maximum atomic E-state index is 12.2. The molecule has 116 valence electrons. The lowest BCUT2D eigenvalue weighted by atomic mass is 9.88. The van der Waals surface area contributed by atoms with Gasteiger partial charge in [0.15, 0.2) is 5.78 Å². The summed E-state index contributed by atoms with van der Waals surface area (Å²) in [5.74, 6) is -1.42. The summed E-state index contributed by atoms with van der Waals surface area (Å²) >= 11 is 0. The van der Waals surface area contributed by atoms with Gasteiger partial charge in [-0.05, 0) is 24.5 Å². The summed E-state index contributed by atoms with van der Waals surface area (Å²) in [4.78, 5) is 22.3. The molecule has 0 aromatic heterocycles. The fourth-order valence-electron chi connectivity index (χ4n) is 1.69. The number of nitrogens with one attached hydrogen (secondary N) is 1. The van der Waals surface area contributed by atoms with Crippen molar-refractivity contribution in [3.63, 3.8) is 0 Å². The van der Waals surface area contributed by atoms with Gasteiger partial charge in [0.1, 0.15) is 6.04 Å². The van der Waals surface area contributed by atoms with Crippen LogP contribution in [0.2, 0.25) is 0 Å². The number of rotatable bonds is 5. The topological polar surface area (TPSA) is 101 Å². The summed E-state index contributed by atoms with van der Waals surface area (Å²) in [6, 6.07) is 4.09. The molecule has 0 amide bonds. The van der Waals surface area contributed by atoms with E-state index in [0.717, 1.165) is 0 Å². The number of carbonyl (C=O) groups excluding carboxylic acids is 1. The van der Waals surface area contributed by atoms with Crippen LogP contribution in [0.1, 0.15) is 38.1 Å². The van der Waals surface area contributed by atoms with Crippen molar-refractivity contribution in [2.75, 3.05) is 0 Å². The van der Waals surface area contributed by atoms with E-state index in [1.807, 2.05) is 0 Å². The summed E-state index contributed by atoms with van der Waals surface area (Å²) in [7, 11) is -3.97. The molecule has 0 aliphatic rings. The molecule has 0 heterocycles. The molecule has 0 saturated carbocycles. The third-order valence-electron chi connectivity index (χ3n) is 2.96. The van der Waals surface area contributed by atoms with Crippen LogP contribution < -0.4 is 4.72 Å². The summed E-state index contributed by atoms with van der Waals surface area (Å²) < 4.78 is 26.6. The standard InChI is InChI=1S/C14H19NO5S/c1-9(16)10-5-7-11(8-6-10)21(19,20)15-12(13(17)18)14(2,3)4/h5-8,12,15H,1-4H3,(H,17,18). The van der Waals surface area contributed by atoms with Gasteiger partial charge in [-0.15, -0.1) is 0 Å². The van der Waals surface area contributed by atoms with Gasteiger partial charge in [-0.2, -0.15) is 4.72 Å². The normalized spacial score (nSPS) is 13.7. The van der Waals surface area contributed by atoms with Gasteiger partial charge in [0.2, 0.25) is 10.0 Å². The molecule has 0 fully saturated rings. The number of Topliss-reactive ketones (excluding diaryl/α,β-unsaturated/α-hetero) is 1. The highest BCUT2D eigenvalue weighted by Crippen LogP contribution is 2.22. The van der Waals surface area contributed by atoms with E-state index in [4.69, 9.17) is 5.11 Å². The highest BCUT2D eigenvalue weighted by molar-refractivity contribution is 7.89. The zero-order valence-corrected chi connectivity index (χ0v) is 13.2.